The molecule has 0 atom stereocenters. The van der Waals surface area contributed by atoms with E-state index in [1.165, 1.54) is 0 Å². The molecule has 0 radical (unpaired) electrons. The van der Waals surface area contributed by atoms with Gasteiger partial charge in [0.25, 0.3) is 0 Å². The molecule has 146 valence electrons. The van der Waals surface area contributed by atoms with Crippen LogP contribution in [0.3, 0.4) is 0 Å². The van der Waals surface area contributed by atoms with E-state index in [1.54, 1.807) is 7.11 Å². The number of guanidine groups is 1. The molecule has 0 unspecified atom stereocenters. The van der Waals surface area contributed by atoms with Gasteiger partial charge in [0.05, 0.1) is 25.7 Å². The summed E-state index contributed by atoms with van der Waals surface area (Å²) in [6.45, 7) is 4.57. The molecule has 3 rings (SSSR count). The van der Waals surface area contributed by atoms with Gasteiger partial charge in [-0.3, -0.25) is 4.98 Å². The predicted octanol–water partition coefficient (Wildman–Crippen LogP) is 3.38. The third kappa shape index (κ3) is 5.36. The lowest BCUT2D eigenvalue weighted by Crippen LogP contribution is -2.39. The van der Waals surface area contributed by atoms with Gasteiger partial charge in [0.1, 0.15) is 18.1 Å². The first-order chi connectivity index (χ1) is 13.8. The Morgan fingerprint density at radius 3 is 2.57 bits per heavy atom. The number of ether oxygens (including phenoxy) is 2. The summed E-state index contributed by atoms with van der Waals surface area (Å²) >= 11 is 0. The lowest BCUT2D eigenvalue weighted by Gasteiger charge is -2.12. The fourth-order valence-corrected chi connectivity index (χ4v) is 2.81. The molecule has 0 bridgehead atoms. The van der Waals surface area contributed by atoms with Crippen molar-refractivity contribution in [3.63, 3.8) is 0 Å². The third-order valence-electron chi connectivity index (χ3n) is 4.19. The summed E-state index contributed by atoms with van der Waals surface area (Å²) in [5.41, 5.74) is 2.09. The van der Waals surface area contributed by atoms with Crippen molar-refractivity contribution in [2.45, 2.75) is 13.5 Å². The van der Waals surface area contributed by atoms with Gasteiger partial charge in [-0.05, 0) is 42.8 Å². The Hall–Kier alpha value is -3.28. The van der Waals surface area contributed by atoms with Crippen LogP contribution in [0.4, 0.5) is 0 Å². The number of nitrogens with zero attached hydrogens (tertiary/aromatic N) is 2. The fourth-order valence-electron chi connectivity index (χ4n) is 2.81. The molecule has 2 aromatic carbocycles. The van der Waals surface area contributed by atoms with Gasteiger partial charge in [-0.2, -0.15) is 0 Å². The molecule has 6 nitrogen and oxygen atoms in total. The first kappa shape index (κ1) is 19.5. The van der Waals surface area contributed by atoms with Crippen LogP contribution in [0.15, 0.2) is 65.8 Å². The van der Waals surface area contributed by atoms with Crippen LogP contribution in [0.5, 0.6) is 11.5 Å². The van der Waals surface area contributed by atoms with Gasteiger partial charge in [-0.1, -0.05) is 24.3 Å². The summed E-state index contributed by atoms with van der Waals surface area (Å²) < 4.78 is 10.9. The number of aromatic nitrogens is 1. The molecule has 0 saturated heterocycles. The summed E-state index contributed by atoms with van der Waals surface area (Å²) in [5.74, 6) is 2.38. The van der Waals surface area contributed by atoms with Crippen molar-refractivity contribution < 1.29 is 9.47 Å². The summed E-state index contributed by atoms with van der Waals surface area (Å²) in [6.07, 6.45) is 1.81. The molecular weight excluding hydrogens is 352 g/mol. The molecule has 0 saturated carbocycles. The van der Waals surface area contributed by atoms with Crippen molar-refractivity contribution in [1.82, 2.24) is 15.6 Å². The number of aliphatic imine (C=N–C) groups is 1. The minimum absolute atomic E-state index is 0.534. The first-order valence-electron chi connectivity index (χ1n) is 9.42. The summed E-state index contributed by atoms with van der Waals surface area (Å²) in [4.78, 5) is 9.17. The van der Waals surface area contributed by atoms with E-state index in [4.69, 9.17) is 9.47 Å². The Kier molecular flexibility index (Phi) is 7.07. The van der Waals surface area contributed by atoms with Crippen molar-refractivity contribution in [3.8, 4) is 11.5 Å². The summed E-state index contributed by atoms with van der Waals surface area (Å²) in [7, 11) is 1.65. The molecule has 2 N–H and O–H groups in total. The molecule has 6 heteroatoms. The smallest absolute Gasteiger partial charge is 0.191 e. The van der Waals surface area contributed by atoms with Crippen LogP contribution in [0.25, 0.3) is 10.9 Å². The standard InChI is InChI=1S/C22H26N4O2/c1-3-23-22(25-14-15-28-20-11-9-19(27-2)10-12-20)26-16-18-7-4-6-17-8-5-13-24-21(17)18/h4-13H,3,14-16H2,1-2H3,(H2,23,25,26). The van der Waals surface area contributed by atoms with E-state index in [1.807, 2.05) is 49.5 Å². The van der Waals surface area contributed by atoms with Crippen molar-refractivity contribution in [1.29, 1.82) is 0 Å². The van der Waals surface area contributed by atoms with Gasteiger partial charge in [-0.15, -0.1) is 0 Å². The van der Waals surface area contributed by atoms with Crippen LogP contribution in [0.2, 0.25) is 0 Å². The van der Waals surface area contributed by atoms with Crippen molar-refractivity contribution in [3.05, 3.63) is 66.4 Å². The van der Waals surface area contributed by atoms with Gasteiger partial charge in [-0.25, -0.2) is 4.99 Å². The maximum absolute atomic E-state index is 5.74. The van der Waals surface area contributed by atoms with E-state index in [0.717, 1.165) is 40.5 Å². The Morgan fingerprint density at radius 1 is 1.00 bits per heavy atom. The minimum Gasteiger partial charge on any atom is -0.497 e. The highest BCUT2D eigenvalue weighted by Gasteiger charge is 2.03. The zero-order valence-electron chi connectivity index (χ0n) is 16.3. The highest BCUT2D eigenvalue weighted by Crippen LogP contribution is 2.17. The van der Waals surface area contributed by atoms with Gasteiger partial charge >= 0.3 is 0 Å². The highest BCUT2D eigenvalue weighted by atomic mass is 16.5. The normalized spacial score (nSPS) is 11.3. The van der Waals surface area contributed by atoms with Crippen LogP contribution in [-0.2, 0) is 6.54 Å². The van der Waals surface area contributed by atoms with E-state index in [9.17, 15) is 0 Å². The number of pyridine rings is 1. The molecule has 28 heavy (non-hydrogen) atoms. The molecule has 0 fully saturated rings. The maximum atomic E-state index is 5.74. The topological polar surface area (TPSA) is 67.8 Å². The SMILES string of the molecule is CCNC(=NCc1cccc2cccnc12)NCCOc1ccc(OC)cc1. The monoisotopic (exact) mass is 378 g/mol. The quantitative estimate of drug-likeness (QED) is 0.357. The molecule has 0 aliphatic carbocycles. The van der Waals surface area contributed by atoms with Gasteiger partial charge < -0.3 is 20.1 Å². The number of methoxy groups -OCH3 is 1. The van der Waals surface area contributed by atoms with Crippen molar-refractivity contribution in [2.75, 3.05) is 26.8 Å². The zero-order valence-corrected chi connectivity index (χ0v) is 16.3. The van der Waals surface area contributed by atoms with Crippen LogP contribution in [-0.4, -0.2) is 37.7 Å². The zero-order chi connectivity index (χ0) is 19.6. The van der Waals surface area contributed by atoms with Crippen LogP contribution < -0.4 is 20.1 Å². The van der Waals surface area contributed by atoms with Gasteiger partial charge in [0.15, 0.2) is 5.96 Å². The molecule has 0 aliphatic rings. The second-order valence-corrected chi connectivity index (χ2v) is 6.14. The Morgan fingerprint density at radius 2 is 1.79 bits per heavy atom. The van der Waals surface area contributed by atoms with Crippen molar-refractivity contribution in [2.24, 2.45) is 4.99 Å². The number of para-hydroxylation sites is 1. The third-order valence-corrected chi connectivity index (χ3v) is 4.19. The van der Waals surface area contributed by atoms with E-state index in [2.05, 4.69) is 38.8 Å². The molecule has 3 aromatic rings. The summed E-state index contributed by atoms with van der Waals surface area (Å²) in [6, 6.07) is 17.7. The Bertz CT molecular complexity index is 905. The predicted molar refractivity (Wildman–Crippen MR) is 113 cm³/mol. The molecule has 0 spiro atoms. The lowest BCUT2D eigenvalue weighted by atomic mass is 10.1. The average molecular weight is 378 g/mol. The Balaban J connectivity index is 1.55. The fraction of sp³-hybridized carbons (Fsp3) is 0.273. The number of hydrogen-bond donors (Lipinski definition) is 2. The van der Waals surface area contributed by atoms with E-state index >= 15 is 0 Å². The van der Waals surface area contributed by atoms with Crippen LogP contribution >= 0.6 is 0 Å². The van der Waals surface area contributed by atoms with E-state index in [-0.39, 0.29) is 0 Å². The second kappa shape index (κ2) is 10.2. The maximum Gasteiger partial charge on any atom is 0.191 e. The number of hydrogen-bond acceptors (Lipinski definition) is 4. The number of fused-ring (bicyclic) bond motifs is 1. The lowest BCUT2D eigenvalue weighted by molar-refractivity contribution is 0.321. The summed E-state index contributed by atoms with van der Waals surface area (Å²) in [5, 5.41) is 7.69. The van der Waals surface area contributed by atoms with Gasteiger partial charge in [0, 0.05) is 18.1 Å². The highest BCUT2D eigenvalue weighted by molar-refractivity contribution is 5.83. The van der Waals surface area contributed by atoms with E-state index < -0.39 is 0 Å². The molecule has 0 aliphatic heterocycles. The molecule has 1 heterocycles. The largest absolute Gasteiger partial charge is 0.497 e. The number of benzene rings is 2. The molecule has 1 aromatic heterocycles. The van der Waals surface area contributed by atoms with Crippen LogP contribution in [0, 0.1) is 0 Å². The number of nitrogens with one attached hydrogen (secondary N) is 2. The van der Waals surface area contributed by atoms with E-state index in [0.29, 0.717) is 19.7 Å². The van der Waals surface area contributed by atoms with Crippen molar-refractivity contribution >= 4 is 16.9 Å². The Labute approximate surface area is 165 Å². The van der Waals surface area contributed by atoms with Crippen LogP contribution in [0.1, 0.15) is 12.5 Å². The second-order valence-electron chi connectivity index (χ2n) is 6.14. The average Bonchev–Trinajstić information content (AvgIpc) is 2.75. The van der Waals surface area contributed by atoms with Gasteiger partial charge in [0.2, 0.25) is 0 Å². The molecular formula is C22H26N4O2. The molecule has 0 amide bonds. The minimum atomic E-state index is 0.534. The first-order valence-corrected chi connectivity index (χ1v) is 9.42. The number of rotatable bonds is 8.